The van der Waals surface area contributed by atoms with E-state index < -0.39 is 0 Å². The van der Waals surface area contributed by atoms with E-state index in [1.807, 2.05) is 0 Å². The van der Waals surface area contributed by atoms with Crippen LogP contribution in [0.4, 0.5) is 0 Å². The Morgan fingerprint density at radius 1 is 1.37 bits per heavy atom. The Labute approximate surface area is 127 Å². The van der Waals surface area contributed by atoms with E-state index in [2.05, 4.69) is 67.1 Å². The first-order chi connectivity index (χ1) is 9.02. The molecule has 0 radical (unpaired) electrons. The van der Waals surface area contributed by atoms with Gasteiger partial charge in [-0.15, -0.1) is 11.3 Å². The first-order valence-electron chi connectivity index (χ1n) is 6.50. The third-order valence-corrected chi connectivity index (χ3v) is 5.40. The van der Waals surface area contributed by atoms with E-state index in [9.17, 15) is 0 Å². The lowest BCUT2D eigenvalue weighted by molar-refractivity contribution is 0.603. The molecule has 0 spiro atoms. The summed E-state index contributed by atoms with van der Waals surface area (Å²) in [6.45, 7) is 9.49. The zero-order valence-corrected chi connectivity index (χ0v) is 14.2. The van der Waals surface area contributed by atoms with Crippen LogP contribution in [0.2, 0.25) is 0 Å². The zero-order valence-electron chi connectivity index (χ0n) is 11.7. The van der Waals surface area contributed by atoms with Crippen LogP contribution in [0, 0.1) is 13.8 Å². The molecule has 0 amide bonds. The highest BCUT2D eigenvalue weighted by Crippen LogP contribution is 2.33. The SMILES string of the molecule is CCNC(C)c1sc(-c2ccc(C)c(Br)c2)nc1C. The van der Waals surface area contributed by atoms with E-state index >= 15 is 0 Å². The van der Waals surface area contributed by atoms with Gasteiger partial charge in [-0.3, -0.25) is 0 Å². The molecular formula is C15H19BrN2S. The Morgan fingerprint density at radius 3 is 2.74 bits per heavy atom. The lowest BCUT2D eigenvalue weighted by atomic mass is 10.1. The van der Waals surface area contributed by atoms with Gasteiger partial charge >= 0.3 is 0 Å². The van der Waals surface area contributed by atoms with Crippen molar-refractivity contribution >= 4 is 27.3 Å². The fourth-order valence-corrected chi connectivity index (χ4v) is 3.53. The normalized spacial score (nSPS) is 12.7. The van der Waals surface area contributed by atoms with Gasteiger partial charge in [-0.2, -0.15) is 0 Å². The lowest BCUT2D eigenvalue weighted by Gasteiger charge is -2.09. The second-order valence-electron chi connectivity index (χ2n) is 4.71. The molecule has 0 aliphatic rings. The van der Waals surface area contributed by atoms with Gasteiger partial charge in [0, 0.05) is 21.0 Å². The Bertz CT molecular complexity index is 578. The minimum absolute atomic E-state index is 0.366. The van der Waals surface area contributed by atoms with Crippen molar-refractivity contribution in [1.29, 1.82) is 0 Å². The predicted molar refractivity (Wildman–Crippen MR) is 86.8 cm³/mol. The van der Waals surface area contributed by atoms with Crippen LogP contribution in [0.15, 0.2) is 22.7 Å². The Morgan fingerprint density at radius 2 is 2.11 bits per heavy atom. The minimum atomic E-state index is 0.366. The van der Waals surface area contributed by atoms with E-state index in [-0.39, 0.29) is 0 Å². The molecule has 0 bridgehead atoms. The van der Waals surface area contributed by atoms with E-state index in [1.165, 1.54) is 16.0 Å². The minimum Gasteiger partial charge on any atom is -0.310 e. The molecular weight excluding hydrogens is 320 g/mol. The summed E-state index contributed by atoms with van der Waals surface area (Å²) in [5.74, 6) is 0. The van der Waals surface area contributed by atoms with Crippen molar-refractivity contribution in [3.05, 3.63) is 38.8 Å². The van der Waals surface area contributed by atoms with Gasteiger partial charge in [0.2, 0.25) is 0 Å². The summed E-state index contributed by atoms with van der Waals surface area (Å²) in [6, 6.07) is 6.78. The van der Waals surface area contributed by atoms with Gasteiger partial charge in [-0.25, -0.2) is 4.98 Å². The number of aromatic nitrogens is 1. The fraction of sp³-hybridized carbons (Fsp3) is 0.400. The molecule has 1 aromatic carbocycles. The maximum absolute atomic E-state index is 4.71. The molecule has 1 aromatic heterocycles. The fourth-order valence-electron chi connectivity index (χ4n) is 2.06. The van der Waals surface area contributed by atoms with Gasteiger partial charge in [0.15, 0.2) is 0 Å². The molecule has 0 aliphatic carbocycles. The number of aryl methyl sites for hydroxylation is 2. The van der Waals surface area contributed by atoms with Crippen LogP contribution in [0.3, 0.4) is 0 Å². The molecule has 1 unspecified atom stereocenters. The molecule has 0 saturated carbocycles. The third kappa shape index (κ3) is 3.25. The van der Waals surface area contributed by atoms with Gasteiger partial charge in [-0.05, 0) is 38.9 Å². The summed E-state index contributed by atoms with van der Waals surface area (Å²) in [6.07, 6.45) is 0. The number of hydrogen-bond acceptors (Lipinski definition) is 3. The quantitative estimate of drug-likeness (QED) is 0.860. The maximum Gasteiger partial charge on any atom is 0.123 e. The molecule has 1 N–H and O–H groups in total. The summed E-state index contributed by atoms with van der Waals surface area (Å²) in [7, 11) is 0. The lowest BCUT2D eigenvalue weighted by Crippen LogP contribution is -2.17. The van der Waals surface area contributed by atoms with E-state index in [0.29, 0.717) is 6.04 Å². The van der Waals surface area contributed by atoms with Crippen molar-refractivity contribution in [2.75, 3.05) is 6.54 Å². The Kier molecular flexibility index (Phi) is 4.76. The first kappa shape index (κ1) is 14.7. The molecule has 0 aliphatic heterocycles. The van der Waals surface area contributed by atoms with Crippen molar-refractivity contribution < 1.29 is 0 Å². The molecule has 2 nitrogen and oxygen atoms in total. The highest BCUT2D eigenvalue weighted by atomic mass is 79.9. The zero-order chi connectivity index (χ0) is 14.0. The molecule has 19 heavy (non-hydrogen) atoms. The number of benzene rings is 1. The molecule has 1 heterocycles. The molecule has 0 saturated heterocycles. The molecule has 0 fully saturated rings. The second-order valence-corrected chi connectivity index (χ2v) is 6.60. The van der Waals surface area contributed by atoms with Gasteiger partial charge in [0.1, 0.15) is 5.01 Å². The second kappa shape index (κ2) is 6.16. The van der Waals surface area contributed by atoms with Crippen LogP contribution in [0.25, 0.3) is 10.6 Å². The number of nitrogens with one attached hydrogen (secondary N) is 1. The Hall–Kier alpha value is -0.710. The maximum atomic E-state index is 4.71. The predicted octanol–water partition coefficient (Wildman–Crippen LogP) is 4.86. The number of hydrogen-bond donors (Lipinski definition) is 1. The number of thiazole rings is 1. The number of halogens is 1. The topological polar surface area (TPSA) is 24.9 Å². The summed E-state index contributed by atoms with van der Waals surface area (Å²) < 4.78 is 1.14. The molecule has 4 heteroatoms. The van der Waals surface area contributed by atoms with Gasteiger partial charge < -0.3 is 5.32 Å². The van der Waals surface area contributed by atoms with Crippen LogP contribution in [-0.4, -0.2) is 11.5 Å². The molecule has 1 atom stereocenters. The summed E-state index contributed by atoms with van der Waals surface area (Å²) in [5.41, 5.74) is 3.56. The smallest absolute Gasteiger partial charge is 0.123 e. The van der Waals surface area contributed by atoms with Crippen LogP contribution in [0.1, 0.15) is 36.0 Å². The number of rotatable bonds is 4. The monoisotopic (exact) mass is 338 g/mol. The van der Waals surface area contributed by atoms with Crippen molar-refractivity contribution in [1.82, 2.24) is 10.3 Å². The van der Waals surface area contributed by atoms with Crippen LogP contribution in [-0.2, 0) is 0 Å². The van der Waals surface area contributed by atoms with Crippen LogP contribution < -0.4 is 5.32 Å². The Balaban J connectivity index is 2.36. The summed E-state index contributed by atoms with van der Waals surface area (Å²) >= 11 is 5.37. The van der Waals surface area contributed by atoms with Gasteiger partial charge in [0.05, 0.1) is 5.69 Å². The summed E-state index contributed by atoms with van der Waals surface area (Å²) in [4.78, 5) is 6.04. The average Bonchev–Trinajstić information content (AvgIpc) is 2.75. The highest BCUT2D eigenvalue weighted by molar-refractivity contribution is 9.10. The third-order valence-electron chi connectivity index (χ3n) is 3.15. The van der Waals surface area contributed by atoms with Crippen molar-refractivity contribution in [2.24, 2.45) is 0 Å². The van der Waals surface area contributed by atoms with Crippen LogP contribution >= 0.6 is 27.3 Å². The van der Waals surface area contributed by atoms with Gasteiger partial charge in [0.25, 0.3) is 0 Å². The largest absolute Gasteiger partial charge is 0.310 e. The van der Waals surface area contributed by atoms with Crippen molar-refractivity contribution in [2.45, 2.75) is 33.7 Å². The molecule has 2 rings (SSSR count). The number of nitrogens with zero attached hydrogens (tertiary/aromatic N) is 1. The van der Waals surface area contributed by atoms with Gasteiger partial charge in [-0.1, -0.05) is 35.0 Å². The highest BCUT2D eigenvalue weighted by Gasteiger charge is 2.14. The standard InChI is InChI=1S/C15H19BrN2S/c1-5-17-10(3)14-11(4)18-15(19-14)12-7-6-9(2)13(16)8-12/h6-8,10,17H,5H2,1-4H3. The van der Waals surface area contributed by atoms with Crippen molar-refractivity contribution in [3.8, 4) is 10.6 Å². The van der Waals surface area contributed by atoms with E-state index in [4.69, 9.17) is 4.98 Å². The average molecular weight is 339 g/mol. The van der Waals surface area contributed by atoms with Crippen molar-refractivity contribution in [3.63, 3.8) is 0 Å². The van der Waals surface area contributed by atoms with E-state index in [0.717, 1.165) is 21.7 Å². The first-order valence-corrected chi connectivity index (χ1v) is 8.11. The van der Waals surface area contributed by atoms with E-state index in [1.54, 1.807) is 11.3 Å². The van der Waals surface area contributed by atoms with Crippen LogP contribution in [0.5, 0.6) is 0 Å². The summed E-state index contributed by atoms with van der Waals surface area (Å²) in [5, 5.41) is 4.54. The molecule has 102 valence electrons. The molecule has 2 aromatic rings.